The minimum absolute atomic E-state index is 0.862. The Hall–Kier alpha value is -11.5. The second-order valence-electron chi connectivity index (χ2n) is 22.3. The monoisotopic (exact) mass is 1100 g/mol. The van der Waals surface area contributed by atoms with Gasteiger partial charge in [-0.3, -0.25) is 0 Å². The normalized spacial score (nSPS) is 11.7. The number of benzene rings is 15. The van der Waals surface area contributed by atoms with Crippen molar-refractivity contribution in [3.8, 4) is 39.1 Å². The van der Waals surface area contributed by atoms with Gasteiger partial charge in [0.15, 0.2) is 0 Å². The zero-order valence-electron chi connectivity index (χ0n) is 46.8. The number of furan rings is 1. The minimum Gasteiger partial charge on any atom is -0.456 e. The highest BCUT2D eigenvalue weighted by Gasteiger charge is 2.23. The molecule has 15 aromatic carbocycles. The third kappa shape index (κ3) is 8.07. The van der Waals surface area contributed by atoms with Crippen molar-refractivity contribution in [2.24, 2.45) is 0 Å². The van der Waals surface area contributed by atoms with Crippen molar-refractivity contribution in [3.05, 3.63) is 322 Å². The van der Waals surface area contributed by atoms with Crippen LogP contribution in [0.5, 0.6) is 0 Å². The van der Waals surface area contributed by atoms with Gasteiger partial charge in [0.1, 0.15) is 11.2 Å². The Morgan fingerprint density at radius 1 is 0.233 bits per heavy atom. The van der Waals surface area contributed by atoms with Gasteiger partial charge in [-0.25, -0.2) is 0 Å². The van der Waals surface area contributed by atoms with Gasteiger partial charge in [-0.15, -0.1) is 0 Å². The number of rotatable bonds is 10. The lowest BCUT2D eigenvalue weighted by Crippen LogP contribution is -2.10. The molecule has 0 aliphatic carbocycles. The summed E-state index contributed by atoms with van der Waals surface area (Å²) in [6, 6.07) is 117. The van der Waals surface area contributed by atoms with E-state index in [-0.39, 0.29) is 0 Å². The van der Waals surface area contributed by atoms with Crippen LogP contribution >= 0.6 is 0 Å². The molecule has 0 amide bonds. The molecule has 0 radical (unpaired) electrons. The summed E-state index contributed by atoms with van der Waals surface area (Å²) in [6.07, 6.45) is 0. The van der Waals surface area contributed by atoms with Gasteiger partial charge >= 0.3 is 0 Å². The molecule has 0 aliphatic heterocycles. The fourth-order valence-corrected chi connectivity index (χ4v) is 13.6. The van der Waals surface area contributed by atoms with E-state index >= 15 is 0 Å². The van der Waals surface area contributed by atoms with Crippen LogP contribution in [0.2, 0.25) is 0 Å². The SMILES string of the molecule is c1ccc(-c2ccc(N(c3ccc4c(c3)c3cc(-c5ccc(N(c6ccccc6)c6cccc7oc8ccccc8c67)cc5)ccc3n4-c3ccc4c5ccccc5c5ccccc5c4c3)c3ccc(-c4ccccc4)c4ccccc34)cc2)cc1. The highest BCUT2D eigenvalue weighted by Crippen LogP contribution is 2.47. The summed E-state index contributed by atoms with van der Waals surface area (Å²) in [6.45, 7) is 0. The van der Waals surface area contributed by atoms with Crippen LogP contribution in [0, 0.1) is 0 Å². The van der Waals surface area contributed by atoms with Crippen LogP contribution in [0.15, 0.2) is 326 Å². The quantitative estimate of drug-likeness (QED) is 0.128. The molecule has 0 unspecified atom stereocenters. The van der Waals surface area contributed by atoms with Crippen molar-refractivity contribution in [1.82, 2.24) is 4.57 Å². The summed E-state index contributed by atoms with van der Waals surface area (Å²) in [5, 5.41) is 14.4. The fraction of sp³-hybridized carbons (Fsp3) is 0. The van der Waals surface area contributed by atoms with E-state index in [4.69, 9.17) is 4.42 Å². The van der Waals surface area contributed by atoms with Gasteiger partial charge in [-0.2, -0.15) is 0 Å². The molecule has 0 saturated carbocycles. The van der Waals surface area contributed by atoms with E-state index in [0.717, 1.165) is 89.3 Å². The van der Waals surface area contributed by atoms with Gasteiger partial charge in [0, 0.05) is 50.0 Å². The number of hydrogen-bond donors (Lipinski definition) is 0. The Balaban J connectivity index is 0.869. The Morgan fingerprint density at radius 2 is 0.698 bits per heavy atom. The smallest absolute Gasteiger partial charge is 0.137 e. The Bertz CT molecular complexity index is 5420. The topological polar surface area (TPSA) is 24.6 Å². The molecule has 2 aromatic heterocycles. The maximum Gasteiger partial charge on any atom is 0.137 e. The van der Waals surface area contributed by atoms with Gasteiger partial charge in [-0.1, -0.05) is 218 Å². The molecule has 17 rings (SSSR count). The lowest BCUT2D eigenvalue weighted by atomic mass is 9.94. The molecule has 0 aliphatic rings. The van der Waals surface area contributed by atoms with Crippen molar-refractivity contribution in [1.29, 1.82) is 0 Å². The van der Waals surface area contributed by atoms with Crippen LogP contribution in [-0.2, 0) is 0 Å². The van der Waals surface area contributed by atoms with Gasteiger partial charge in [-0.05, 0) is 174 Å². The molecule has 0 bridgehead atoms. The number of anilines is 6. The Labute approximate surface area is 497 Å². The van der Waals surface area contributed by atoms with E-state index in [9.17, 15) is 0 Å². The van der Waals surface area contributed by atoms with E-state index in [0.29, 0.717) is 0 Å². The Morgan fingerprint density at radius 3 is 1.37 bits per heavy atom. The standard InChI is InChI=1S/C82H53N3O/c1-4-19-54(20-5-1)55-35-40-61(41-36-55)84(76-50-47-64(57-21-6-2-7-22-57)65-25-14-15-30-71(65)76)62-45-49-78-75(53-62)74-51-58(39-48-77(74)85(78)63-44-46-70-68-28-11-10-26-66(68)67-27-12-13-29-69(67)73(70)52-63)56-37-42-60(43-38-56)83(59-23-8-3-9-24-59)79-32-18-34-81-82(79)72-31-16-17-33-80(72)86-81/h1-53H. The average Bonchev–Trinajstić information content (AvgIpc) is 1.73. The zero-order chi connectivity index (χ0) is 56.7. The van der Waals surface area contributed by atoms with Crippen molar-refractivity contribution >= 4 is 121 Å². The average molecular weight is 1100 g/mol. The van der Waals surface area contributed by atoms with Crippen molar-refractivity contribution in [3.63, 3.8) is 0 Å². The predicted molar refractivity (Wildman–Crippen MR) is 364 cm³/mol. The second kappa shape index (κ2) is 20.2. The van der Waals surface area contributed by atoms with E-state index in [2.05, 4.69) is 324 Å². The largest absolute Gasteiger partial charge is 0.456 e. The number of fused-ring (bicyclic) bond motifs is 13. The number of hydrogen-bond acceptors (Lipinski definition) is 3. The summed E-state index contributed by atoms with van der Waals surface area (Å²) < 4.78 is 8.91. The lowest BCUT2D eigenvalue weighted by molar-refractivity contribution is 0.669. The van der Waals surface area contributed by atoms with E-state index in [1.165, 1.54) is 70.7 Å². The first-order valence-electron chi connectivity index (χ1n) is 29.5. The van der Waals surface area contributed by atoms with Crippen LogP contribution in [-0.4, -0.2) is 4.57 Å². The van der Waals surface area contributed by atoms with Gasteiger partial charge < -0.3 is 18.8 Å². The maximum atomic E-state index is 6.43. The predicted octanol–water partition coefficient (Wildman–Crippen LogP) is 23.2. The third-order valence-electron chi connectivity index (χ3n) is 17.5. The summed E-state index contributed by atoms with van der Waals surface area (Å²) >= 11 is 0. The third-order valence-corrected chi connectivity index (χ3v) is 17.5. The number of para-hydroxylation sites is 2. The molecule has 0 spiro atoms. The first-order valence-corrected chi connectivity index (χ1v) is 29.5. The number of aromatic nitrogens is 1. The summed E-state index contributed by atoms with van der Waals surface area (Å²) in [5.74, 6) is 0. The summed E-state index contributed by atoms with van der Waals surface area (Å²) in [5.41, 5.74) is 18.6. The second-order valence-corrected chi connectivity index (χ2v) is 22.3. The molecule has 402 valence electrons. The molecule has 2 heterocycles. The van der Waals surface area contributed by atoms with Crippen LogP contribution in [0.1, 0.15) is 0 Å². The van der Waals surface area contributed by atoms with Crippen LogP contribution < -0.4 is 9.80 Å². The van der Waals surface area contributed by atoms with E-state index in [1.807, 2.05) is 12.1 Å². The van der Waals surface area contributed by atoms with Crippen LogP contribution in [0.3, 0.4) is 0 Å². The molecule has 0 fully saturated rings. The summed E-state index contributed by atoms with van der Waals surface area (Å²) in [4.78, 5) is 4.80. The van der Waals surface area contributed by atoms with Gasteiger partial charge in [0.2, 0.25) is 0 Å². The van der Waals surface area contributed by atoms with E-state index < -0.39 is 0 Å². The molecule has 0 atom stereocenters. The van der Waals surface area contributed by atoms with Gasteiger partial charge in [0.25, 0.3) is 0 Å². The highest BCUT2D eigenvalue weighted by atomic mass is 16.3. The van der Waals surface area contributed by atoms with Gasteiger partial charge in [0.05, 0.1) is 27.8 Å². The number of nitrogens with zero attached hydrogens (tertiary/aromatic N) is 3. The molecule has 86 heavy (non-hydrogen) atoms. The van der Waals surface area contributed by atoms with E-state index in [1.54, 1.807) is 0 Å². The zero-order valence-corrected chi connectivity index (χ0v) is 46.8. The molecule has 0 N–H and O–H groups in total. The molecule has 4 heteroatoms. The Kier molecular flexibility index (Phi) is 11.5. The first-order chi connectivity index (χ1) is 42.7. The molecule has 17 aromatic rings. The van der Waals surface area contributed by atoms with Crippen LogP contribution in [0.4, 0.5) is 34.1 Å². The first kappa shape index (κ1) is 49.2. The molecular formula is C82H53N3O. The van der Waals surface area contributed by atoms with Crippen molar-refractivity contribution in [2.45, 2.75) is 0 Å². The van der Waals surface area contributed by atoms with Crippen LogP contribution in [0.25, 0.3) is 126 Å². The molecular weight excluding hydrogens is 1040 g/mol. The lowest BCUT2D eigenvalue weighted by Gasteiger charge is -2.28. The fourth-order valence-electron chi connectivity index (χ4n) is 13.6. The highest BCUT2D eigenvalue weighted by molar-refractivity contribution is 6.26. The van der Waals surface area contributed by atoms with Crippen molar-refractivity contribution < 1.29 is 4.42 Å². The molecule has 4 nitrogen and oxygen atoms in total. The minimum atomic E-state index is 0.862. The molecule has 0 saturated heterocycles. The van der Waals surface area contributed by atoms with Crippen molar-refractivity contribution in [2.75, 3.05) is 9.80 Å². The maximum absolute atomic E-state index is 6.43. The summed E-state index contributed by atoms with van der Waals surface area (Å²) in [7, 11) is 0.